The molecule has 0 aliphatic rings. The summed E-state index contributed by atoms with van der Waals surface area (Å²) < 4.78 is 0. The second-order valence-electron chi connectivity index (χ2n) is 3.24. The fourth-order valence-electron chi connectivity index (χ4n) is 1.18. The zero-order chi connectivity index (χ0) is 12.3. The topological polar surface area (TPSA) is 49.8 Å². The third-order valence-electron chi connectivity index (χ3n) is 1.96. The van der Waals surface area contributed by atoms with E-state index in [1.54, 1.807) is 12.4 Å². The minimum Gasteiger partial charge on any atom is -0.384 e. The molecule has 17 heavy (non-hydrogen) atoms. The molecule has 0 amide bonds. The molecule has 2 aromatic heterocycles. The molecule has 0 bridgehead atoms. The van der Waals surface area contributed by atoms with E-state index in [2.05, 4.69) is 27.5 Å². The van der Waals surface area contributed by atoms with Gasteiger partial charge in [-0.3, -0.25) is 4.98 Å². The molecule has 0 saturated heterocycles. The van der Waals surface area contributed by atoms with Crippen molar-refractivity contribution >= 4 is 11.5 Å². The molecule has 0 radical (unpaired) electrons. The fourth-order valence-corrected chi connectivity index (χ4v) is 1.18. The van der Waals surface area contributed by atoms with Gasteiger partial charge in [-0.25, -0.2) is 4.98 Å². The first-order valence-corrected chi connectivity index (χ1v) is 5.59. The lowest BCUT2D eigenvalue weighted by atomic mass is 10.4. The molecule has 2 aromatic rings. The van der Waals surface area contributed by atoms with Crippen LogP contribution in [0.5, 0.6) is 0 Å². The lowest BCUT2D eigenvalue weighted by Gasteiger charge is -1.98. The van der Waals surface area contributed by atoms with Gasteiger partial charge in [-0.1, -0.05) is 6.07 Å². The summed E-state index contributed by atoms with van der Waals surface area (Å²) in [6, 6.07) is 9.66. The molecule has 0 spiro atoms. The molecule has 90 valence electrons. The summed E-state index contributed by atoms with van der Waals surface area (Å²) >= 11 is 0. The van der Waals surface area contributed by atoms with Crippen molar-refractivity contribution in [3.8, 4) is 0 Å². The van der Waals surface area contributed by atoms with Crippen molar-refractivity contribution in [2.24, 2.45) is 0 Å². The maximum absolute atomic E-state index is 3.99. The van der Waals surface area contributed by atoms with E-state index in [-0.39, 0.29) is 0 Å². The summed E-state index contributed by atoms with van der Waals surface area (Å²) in [7, 11) is 1.85. The van der Waals surface area contributed by atoms with Crippen molar-refractivity contribution in [3.63, 3.8) is 0 Å². The summed E-state index contributed by atoms with van der Waals surface area (Å²) in [5, 5.41) is 6.06. The molecule has 2 N–H and O–H groups in total. The Hall–Kier alpha value is -2.10. The lowest BCUT2D eigenvalue weighted by Crippen LogP contribution is -1.95. The summed E-state index contributed by atoms with van der Waals surface area (Å²) in [5.41, 5.74) is 1.08. The van der Waals surface area contributed by atoms with E-state index in [9.17, 15) is 0 Å². The number of anilines is 2. The molecule has 0 aromatic carbocycles. The molecular weight excluding hydrogens is 212 g/mol. The highest BCUT2D eigenvalue weighted by atomic mass is 14.9. The number of nitrogens with zero attached hydrogens (tertiary/aromatic N) is 2. The molecule has 2 rings (SSSR count). The van der Waals surface area contributed by atoms with Crippen molar-refractivity contribution in [2.75, 3.05) is 24.2 Å². The van der Waals surface area contributed by atoms with E-state index >= 15 is 0 Å². The summed E-state index contributed by atoms with van der Waals surface area (Å²) in [6.45, 7) is 3.01. The van der Waals surface area contributed by atoms with Crippen LogP contribution >= 0.6 is 0 Å². The van der Waals surface area contributed by atoms with Crippen LogP contribution in [0.25, 0.3) is 0 Å². The van der Waals surface area contributed by atoms with Gasteiger partial charge < -0.3 is 10.6 Å². The zero-order valence-electron chi connectivity index (χ0n) is 10.2. The Morgan fingerprint density at radius 2 is 2.00 bits per heavy atom. The van der Waals surface area contributed by atoms with Gasteiger partial charge in [0.2, 0.25) is 0 Å². The van der Waals surface area contributed by atoms with Crippen molar-refractivity contribution in [1.29, 1.82) is 0 Å². The number of nitrogens with one attached hydrogen (secondary N) is 2. The van der Waals surface area contributed by atoms with Crippen LogP contribution in [-0.4, -0.2) is 23.6 Å². The Labute approximate surface area is 102 Å². The highest BCUT2D eigenvalue weighted by molar-refractivity contribution is 5.39. The maximum Gasteiger partial charge on any atom is 0.125 e. The van der Waals surface area contributed by atoms with Crippen LogP contribution in [0.3, 0.4) is 0 Å². The quantitative estimate of drug-likeness (QED) is 0.851. The van der Waals surface area contributed by atoms with Gasteiger partial charge in [-0.15, -0.1) is 0 Å². The molecule has 4 heteroatoms. The fraction of sp³-hybridized carbons (Fsp3) is 0.231. The minimum atomic E-state index is 0.910. The van der Waals surface area contributed by atoms with Crippen LogP contribution in [0.2, 0.25) is 0 Å². The smallest absolute Gasteiger partial charge is 0.125 e. The van der Waals surface area contributed by atoms with Crippen LogP contribution < -0.4 is 10.6 Å². The Balaban J connectivity index is 0.000000171. The minimum absolute atomic E-state index is 0.910. The standard InChI is InChI=1S/C7H10N2.C6H8N2/c1-2-9-7-4-3-5-8-6-7;1-7-6-4-2-3-5-8-6/h3-6,9H,2H2,1H3;2-5H,1H3,(H,7,8). The molecule has 4 nitrogen and oxygen atoms in total. The van der Waals surface area contributed by atoms with Gasteiger partial charge in [0, 0.05) is 32.2 Å². The van der Waals surface area contributed by atoms with Crippen molar-refractivity contribution in [2.45, 2.75) is 6.92 Å². The third-order valence-corrected chi connectivity index (χ3v) is 1.96. The predicted octanol–water partition coefficient (Wildman–Crippen LogP) is 2.64. The third kappa shape index (κ3) is 5.51. The monoisotopic (exact) mass is 230 g/mol. The van der Waals surface area contributed by atoms with Gasteiger partial charge in [0.1, 0.15) is 5.82 Å². The van der Waals surface area contributed by atoms with E-state index in [0.29, 0.717) is 0 Å². The Kier molecular flexibility index (Phi) is 6.18. The van der Waals surface area contributed by atoms with Gasteiger partial charge in [-0.05, 0) is 31.2 Å². The summed E-state index contributed by atoms with van der Waals surface area (Å²) in [4.78, 5) is 7.93. The Morgan fingerprint density at radius 3 is 2.47 bits per heavy atom. The van der Waals surface area contributed by atoms with Crippen LogP contribution in [-0.2, 0) is 0 Å². The number of pyridine rings is 2. The first-order chi connectivity index (χ1) is 8.36. The molecule has 0 aliphatic carbocycles. The highest BCUT2D eigenvalue weighted by Crippen LogP contribution is 2.00. The normalized spacial score (nSPS) is 8.82. The molecule has 0 saturated carbocycles. The van der Waals surface area contributed by atoms with E-state index in [1.165, 1.54) is 0 Å². The van der Waals surface area contributed by atoms with E-state index in [1.807, 2.05) is 43.6 Å². The van der Waals surface area contributed by atoms with Crippen LogP contribution in [0.1, 0.15) is 6.92 Å². The molecule has 0 atom stereocenters. The SMILES string of the molecule is CCNc1cccnc1.CNc1ccccn1. The number of hydrogen-bond acceptors (Lipinski definition) is 4. The molecule has 2 heterocycles. The molecular formula is C13H18N4. The average Bonchev–Trinajstić information content (AvgIpc) is 2.42. The summed E-state index contributed by atoms with van der Waals surface area (Å²) in [5.74, 6) is 0.910. The molecule has 0 unspecified atom stereocenters. The van der Waals surface area contributed by atoms with Crippen LogP contribution in [0, 0.1) is 0 Å². The second kappa shape index (κ2) is 8.10. The van der Waals surface area contributed by atoms with Crippen LogP contribution in [0.4, 0.5) is 11.5 Å². The first kappa shape index (κ1) is 13.0. The number of aromatic nitrogens is 2. The predicted molar refractivity (Wildman–Crippen MR) is 72.2 cm³/mol. The van der Waals surface area contributed by atoms with Gasteiger partial charge in [-0.2, -0.15) is 0 Å². The average molecular weight is 230 g/mol. The molecule has 0 fully saturated rings. The highest BCUT2D eigenvalue weighted by Gasteiger charge is 1.82. The van der Waals surface area contributed by atoms with Crippen LogP contribution in [0.15, 0.2) is 48.9 Å². The van der Waals surface area contributed by atoms with E-state index in [0.717, 1.165) is 18.1 Å². The van der Waals surface area contributed by atoms with E-state index < -0.39 is 0 Å². The van der Waals surface area contributed by atoms with Crippen molar-refractivity contribution in [3.05, 3.63) is 48.9 Å². The van der Waals surface area contributed by atoms with Gasteiger partial charge >= 0.3 is 0 Å². The zero-order valence-corrected chi connectivity index (χ0v) is 10.2. The van der Waals surface area contributed by atoms with Gasteiger partial charge in [0.15, 0.2) is 0 Å². The maximum atomic E-state index is 3.99. The van der Waals surface area contributed by atoms with Gasteiger partial charge in [0.05, 0.1) is 5.69 Å². The largest absolute Gasteiger partial charge is 0.384 e. The first-order valence-electron chi connectivity index (χ1n) is 5.59. The lowest BCUT2D eigenvalue weighted by molar-refractivity contribution is 1.19. The van der Waals surface area contributed by atoms with Gasteiger partial charge in [0.25, 0.3) is 0 Å². The number of rotatable bonds is 3. The molecule has 0 aliphatic heterocycles. The Bertz CT molecular complexity index is 389. The number of hydrogen-bond donors (Lipinski definition) is 2. The van der Waals surface area contributed by atoms with Crippen molar-refractivity contribution in [1.82, 2.24) is 9.97 Å². The summed E-state index contributed by atoms with van der Waals surface area (Å²) in [6.07, 6.45) is 5.33. The van der Waals surface area contributed by atoms with Crippen molar-refractivity contribution < 1.29 is 0 Å². The second-order valence-corrected chi connectivity index (χ2v) is 3.24. The van der Waals surface area contributed by atoms with E-state index in [4.69, 9.17) is 0 Å². The Morgan fingerprint density at radius 1 is 1.12 bits per heavy atom.